The summed E-state index contributed by atoms with van der Waals surface area (Å²) in [6, 6.07) is 9.91. The normalized spacial score (nSPS) is 30.6. The van der Waals surface area contributed by atoms with E-state index in [1.54, 1.807) is 0 Å². The first-order valence-corrected chi connectivity index (χ1v) is 7.26. The van der Waals surface area contributed by atoms with Crippen molar-refractivity contribution >= 4 is 17.5 Å². The Morgan fingerprint density at radius 3 is 2.56 bits per heavy atom. The number of hydrogen-bond acceptors (Lipinski definition) is 1. The van der Waals surface area contributed by atoms with Gasteiger partial charge in [-0.3, -0.25) is 4.79 Å². The summed E-state index contributed by atoms with van der Waals surface area (Å²) in [5, 5.41) is 3.10. The van der Waals surface area contributed by atoms with Crippen LogP contribution in [0.1, 0.15) is 30.9 Å². The van der Waals surface area contributed by atoms with Gasteiger partial charge in [0.2, 0.25) is 5.91 Å². The van der Waals surface area contributed by atoms with E-state index in [0.29, 0.717) is 17.7 Å². The number of fused-ring (bicyclic) bond motifs is 1. The topological polar surface area (TPSA) is 29.1 Å². The molecule has 3 heteroatoms. The van der Waals surface area contributed by atoms with E-state index in [1.807, 2.05) is 30.3 Å². The summed E-state index contributed by atoms with van der Waals surface area (Å²) in [7, 11) is 0. The van der Waals surface area contributed by atoms with Crippen LogP contribution in [0.15, 0.2) is 30.3 Å². The van der Waals surface area contributed by atoms with Crippen LogP contribution in [-0.2, 0) is 4.79 Å². The van der Waals surface area contributed by atoms with Crippen molar-refractivity contribution in [1.82, 2.24) is 5.32 Å². The highest BCUT2D eigenvalue weighted by Gasteiger charge is 2.56. The molecule has 3 atom stereocenters. The minimum atomic E-state index is -0.0540. The lowest BCUT2D eigenvalue weighted by Gasteiger charge is -2.17. The Morgan fingerprint density at radius 2 is 1.94 bits per heavy atom. The van der Waals surface area contributed by atoms with Crippen LogP contribution in [0.2, 0.25) is 0 Å². The van der Waals surface area contributed by atoms with Gasteiger partial charge in [-0.2, -0.15) is 0 Å². The molecule has 0 saturated heterocycles. The molecule has 1 aromatic rings. The zero-order chi connectivity index (χ0) is 12.5. The van der Waals surface area contributed by atoms with Crippen LogP contribution in [0.3, 0.4) is 0 Å². The molecule has 0 heterocycles. The third kappa shape index (κ3) is 2.14. The van der Waals surface area contributed by atoms with Gasteiger partial charge in [0.1, 0.15) is 0 Å². The summed E-state index contributed by atoms with van der Waals surface area (Å²) >= 11 is 5.98. The van der Waals surface area contributed by atoms with Crippen LogP contribution < -0.4 is 5.32 Å². The fourth-order valence-corrected chi connectivity index (χ4v) is 3.63. The lowest BCUT2D eigenvalue weighted by molar-refractivity contribution is -0.123. The number of carbonyl (C=O) groups excluding carboxylic acids is 1. The minimum absolute atomic E-state index is 0.0540. The lowest BCUT2D eigenvalue weighted by atomic mass is 10.1. The molecule has 2 fully saturated rings. The molecular weight excluding hydrogens is 246 g/mol. The molecule has 0 bridgehead atoms. The number of amides is 1. The molecule has 0 spiro atoms. The Labute approximate surface area is 113 Å². The number of halogens is 1. The Hall–Kier alpha value is -1.02. The van der Waals surface area contributed by atoms with Gasteiger partial charge in [-0.15, -0.1) is 11.6 Å². The number of hydrogen-bond donors (Lipinski definition) is 1. The molecule has 1 aromatic carbocycles. The molecule has 2 aliphatic carbocycles. The fraction of sp³-hybridized carbons (Fsp3) is 0.533. The van der Waals surface area contributed by atoms with Gasteiger partial charge in [0.25, 0.3) is 0 Å². The van der Waals surface area contributed by atoms with Crippen molar-refractivity contribution in [2.75, 3.05) is 5.88 Å². The molecule has 2 saturated carbocycles. The van der Waals surface area contributed by atoms with Gasteiger partial charge in [0.15, 0.2) is 0 Å². The van der Waals surface area contributed by atoms with E-state index in [0.717, 1.165) is 5.56 Å². The Balaban J connectivity index is 1.62. The Kier molecular flexibility index (Phi) is 3.29. The van der Waals surface area contributed by atoms with Gasteiger partial charge in [-0.05, 0) is 30.2 Å². The van der Waals surface area contributed by atoms with Crippen molar-refractivity contribution in [1.29, 1.82) is 0 Å². The molecule has 96 valence electrons. The number of alkyl halides is 1. The maximum atomic E-state index is 12.2. The molecule has 3 rings (SSSR count). The van der Waals surface area contributed by atoms with Gasteiger partial charge >= 0.3 is 0 Å². The van der Waals surface area contributed by atoms with E-state index in [1.165, 1.54) is 19.3 Å². The highest BCUT2D eigenvalue weighted by Crippen LogP contribution is 2.57. The first-order valence-electron chi connectivity index (χ1n) is 6.72. The van der Waals surface area contributed by atoms with E-state index in [9.17, 15) is 4.79 Å². The van der Waals surface area contributed by atoms with E-state index >= 15 is 0 Å². The van der Waals surface area contributed by atoms with Crippen LogP contribution in [0.4, 0.5) is 0 Å². The second-order valence-corrected chi connectivity index (χ2v) is 5.72. The van der Waals surface area contributed by atoms with Crippen molar-refractivity contribution in [2.24, 2.45) is 17.8 Å². The molecule has 1 N–H and O–H groups in total. The van der Waals surface area contributed by atoms with Crippen molar-refractivity contribution in [3.63, 3.8) is 0 Å². The smallest absolute Gasteiger partial charge is 0.224 e. The molecule has 3 unspecified atom stereocenters. The number of benzene rings is 1. The number of carbonyl (C=O) groups is 1. The summed E-state index contributed by atoms with van der Waals surface area (Å²) < 4.78 is 0. The standard InChI is InChI=1S/C15H18ClNO/c16-9-13(10-5-2-1-3-6-10)17-15(18)14-11-7-4-8-12(11)14/h1-3,5-6,11-14H,4,7-9H2,(H,17,18). The summed E-state index contributed by atoms with van der Waals surface area (Å²) in [4.78, 5) is 12.2. The van der Waals surface area contributed by atoms with E-state index in [-0.39, 0.29) is 17.9 Å². The summed E-state index contributed by atoms with van der Waals surface area (Å²) in [5.41, 5.74) is 1.09. The molecule has 0 radical (unpaired) electrons. The monoisotopic (exact) mass is 263 g/mol. The van der Waals surface area contributed by atoms with Crippen LogP contribution >= 0.6 is 11.6 Å². The largest absolute Gasteiger partial charge is 0.348 e. The maximum absolute atomic E-state index is 12.2. The first-order chi connectivity index (χ1) is 8.81. The van der Waals surface area contributed by atoms with Crippen LogP contribution in [0.25, 0.3) is 0 Å². The SMILES string of the molecule is O=C(NC(CCl)c1ccccc1)C1C2CCCC21. The number of nitrogens with one attached hydrogen (secondary N) is 1. The quantitative estimate of drug-likeness (QED) is 0.831. The Morgan fingerprint density at radius 1 is 1.28 bits per heavy atom. The second kappa shape index (κ2) is 4.93. The van der Waals surface area contributed by atoms with Gasteiger partial charge in [0.05, 0.1) is 6.04 Å². The van der Waals surface area contributed by atoms with E-state index in [4.69, 9.17) is 11.6 Å². The molecular formula is C15H18ClNO. The van der Waals surface area contributed by atoms with Gasteiger partial charge in [-0.25, -0.2) is 0 Å². The van der Waals surface area contributed by atoms with E-state index < -0.39 is 0 Å². The molecule has 0 aromatic heterocycles. The molecule has 2 aliphatic rings. The molecule has 0 aliphatic heterocycles. The van der Waals surface area contributed by atoms with Crippen LogP contribution in [0.5, 0.6) is 0 Å². The average molecular weight is 264 g/mol. The van der Waals surface area contributed by atoms with Crippen molar-refractivity contribution < 1.29 is 4.79 Å². The van der Waals surface area contributed by atoms with Crippen LogP contribution in [0, 0.1) is 17.8 Å². The predicted molar refractivity (Wildman–Crippen MR) is 72.4 cm³/mol. The second-order valence-electron chi connectivity index (χ2n) is 5.41. The lowest BCUT2D eigenvalue weighted by Crippen LogP contribution is -2.32. The first kappa shape index (κ1) is 12.0. The zero-order valence-corrected chi connectivity index (χ0v) is 11.1. The third-order valence-electron chi connectivity index (χ3n) is 4.38. The maximum Gasteiger partial charge on any atom is 0.224 e. The van der Waals surface area contributed by atoms with Gasteiger partial charge < -0.3 is 5.32 Å². The number of rotatable bonds is 4. The zero-order valence-electron chi connectivity index (χ0n) is 10.3. The highest BCUT2D eigenvalue weighted by atomic mass is 35.5. The molecule has 2 nitrogen and oxygen atoms in total. The summed E-state index contributed by atoms with van der Waals surface area (Å²) in [6.45, 7) is 0. The minimum Gasteiger partial charge on any atom is -0.348 e. The third-order valence-corrected chi connectivity index (χ3v) is 4.69. The molecule has 1 amide bonds. The van der Waals surface area contributed by atoms with Gasteiger partial charge in [0, 0.05) is 11.8 Å². The predicted octanol–water partition coefficient (Wildman–Crippen LogP) is 3.13. The summed E-state index contributed by atoms with van der Waals surface area (Å²) in [6.07, 6.45) is 3.77. The van der Waals surface area contributed by atoms with Gasteiger partial charge in [-0.1, -0.05) is 36.8 Å². The van der Waals surface area contributed by atoms with Crippen molar-refractivity contribution in [3.8, 4) is 0 Å². The average Bonchev–Trinajstić information content (AvgIpc) is 2.90. The van der Waals surface area contributed by atoms with Crippen molar-refractivity contribution in [3.05, 3.63) is 35.9 Å². The summed E-state index contributed by atoms with van der Waals surface area (Å²) in [5.74, 6) is 2.23. The highest BCUT2D eigenvalue weighted by molar-refractivity contribution is 6.18. The van der Waals surface area contributed by atoms with Crippen LogP contribution in [-0.4, -0.2) is 11.8 Å². The van der Waals surface area contributed by atoms with E-state index in [2.05, 4.69) is 5.32 Å². The molecule has 18 heavy (non-hydrogen) atoms. The fourth-order valence-electron chi connectivity index (χ4n) is 3.37. The van der Waals surface area contributed by atoms with Crippen molar-refractivity contribution in [2.45, 2.75) is 25.3 Å². The Bertz CT molecular complexity index is 423.